The highest BCUT2D eigenvalue weighted by molar-refractivity contribution is 5.97. The number of carbonyl (C=O) groups excluding carboxylic acids is 1. The first-order valence-electron chi connectivity index (χ1n) is 7.27. The van der Waals surface area contributed by atoms with Crippen LogP contribution in [0.1, 0.15) is 43.5 Å². The van der Waals surface area contributed by atoms with Gasteiger partial charge in [-0.2, -0.15) is 0 Å². The molecule has 21 heavy (non-hydrogen) atoms. The van der Waals surface area contributed by atoms with Gasteiger partial charge in [-0.25, -0.2) is 0 Å². The Kier molecular flexibility index (Phi) is 4.83. The van der Waals surface area contributed by atoms with E-state index in [9.17, 15) is 9.59 Å². The average molecular weight is 291 g/mol. The van der Waals surface area contributed by atoms with Gasteiger partial charge in [0.1, 0.15) is 5.75 Å². The Hall–Kier alpha value is -2.04. The molecule has 1 N–H and O–H groups in total. The van der Waals surface area contributed by atoms with E-state index in [0.29, 0.717) is 17.9 Å². The number of aliphatic carboxylic acids is 1. The lowest BCUT2D eigenvalue weighted by atomic mass is 10.1. The first-order valence-corrected chi connectivity index (χ1v) is 7.27. The van der Waals surface area contributed by atoms with Crippen molar-refractivity contribution in [3.8, 4) is 5.75 Å². The van der Waals surface area contributed by atoms with E-state index >= 15 is 0 Å². The number of hydrogen-bond donors (Lipinski definition) is 1. The Morgan fingerprint density at radius 2 is 2.10 bits per heavy atom. The molecule has 1 aromatic rings. The molecule has 0 saturated carbocycles. The first-order chi connectivity index (χ1) is 9.99. The van der Waals surface area contributed by atoms with Gasteiger partial charge in [0.15, 0.2) is 0 Å². The minimum atomic E-state index is -0.869. The molecule has 2 rings (SSSR count). The lowest BCUT2D eigenvalue weighted by Crippen LogP contribution is -2.37. The lowest BCUT2D eigenvalue weighted by molar-refractivity contribution is -0.137. The van der Waals surface area contributed by atoms with Gasteiger partial charge in [-0.05, 0) is 38.8 Å². The van der Waals surface area contributed by atoms with Crippen molar-refractivity contribution >= 4 is 11.9 Å². The maximum absolute atomic E-state index is 12.7. The van der Waals surface area contributed by atoms with E-state index in [-0.39, 0.29) is 24.5 Å². The number of nitrogens with zero attached hydrogens (tertiary/aromatic N) is 1. The highest BCUT2D eigenvalue weighted by Crippen LogP contribution is 2.27. The summed E-state index contributed by atoms with van der Waals surface area (Å²) >= 11 is 0. The second-order valence-electron chi connectivity index (χ2n) is 5.56. The predicted octanol–water partition coefficient (Wildman–Crippen LogP) is 2.55. The molecule has 0 radical (unpaired) electrons. The summed E-state index contributed by atoms with van der Waals surface area (Å²) in [5, 5.41) is 8.95. The maximum Gasteiger partial charge on any atom is 0.305 e. The molecule has 5 heteroatoms. The molecular formula is C16H21NO4. The van der Waals surface area contributed by atoms with Gasteiger partial charge in [0, 0.05) is 12.6 Å². The molecule has 1 fully saturated rings. The number of likely N-dealkylation sites (tertiary alicyclic amines) is 1. The van der Waals surface area contributed by atoms with Gasteiger partial charge >= 0.3 is 5.97 Å². The second-order valence-corrected chi connectivity index (χ2v) is 5.56. The Morgan fingerprint density at radius 3 is 2.76 bits per heavy atom. The fourth-order valence-corrected chi connectivity index (χ4v) is 2.67. The quantitative estimate of drug-likeness (QED) is 0.905. The summed E-state index contributed by atoms with van der Waals surface area (Å²) in [6.45, 7) is 4.42. The van der Waals surface area contributed by atoms with Crippen molar-refractivity contribution in [2.24, 2.45) is 0 Å². The van der Waals surface area contributed by atoms with E-state index < -0.39 is 5.97 Å². The molecule has 1 unspecified atom stereocenters. The van der Waals surface area contributed by atoms with Crippen LogP contribution in [0.2, 0.25) is 0 Å². The molecule has 1 saturated heterocycles. The Balaban J connectivity index is 2.21. The summed E-state index contributed by atoms with van der Waals surface area (Å²) in [6, 6.07) is 6.91. The molecule has 1 aliphatic heterocycles. The number of amides is 1. The van der Waals surface area contributed by atoms with Crippen LogP contribution in [0.3, 0.4) is 0 Å². The van der Waals surface area contributed by atoms with Gasteiger partial charge in [-0.1, -0.05) is 12.1 Å². The van der Waals surface area contributed by atoms with E-state index in [0.717, 1.165) is 12.8 Å². The van der Waals surface area contributed by atoms with Crippen molar-refractivity contribution < 1.29 is 19.4 Å². The normalized spacial score (nSPS) is 18.0. The van der Waals surface area contributed by atoms with Crippen LogP contribution in [0, 0.1) is 0 Å². The molecule has 0 spiro atoms. The smallest absolute Gasteiger partial charge is 0.305 e. The maximum atomic E-state index is 12.7. The summed E-state index contributed by atoms with van der Waals surface area (Å²) in [6.07, 6.45) is 1.56. The summed E-state index contributed by atoms with van der Waals surface area (Å²) in [7, 11) is 0. The molecule has 114 valence electrons. The average Bonchev–Trinajstić information content (AvgIpc) is 2.85. The zero-order valence-corrected chi connectivity index (χ0v) is 12.4. The zero-order chi connectivity index (χ0) is 15.4. The first kappa shape index (κ1) is 15.4. The second kappa shape index (κ2) is 6.61. The standard InChI is InChI=1S/C16H21NO4/c1-11(2)21-14-8-4-3-7-13(14)16(20)17-9-5-6-12(17)10-15(18)19/h3-4,7-8,11-12H,5-6,9-10H2,1-2H3,(H,18,19). The number of carboxylic acids is 1. The minimum absolute atomic E-state index is 0.00105. The fraction of sp³-hybridized carbons (Fsp3) is 0.500. The van der Waals surface area contributed by atoms with Crippen LogP contribution in [0.15, 0.2) is 24.3 Å². The van der Waals surface area contributed by atoms with Crippen molar-refractivity contribution in [3.63, 3.8) is 0 Å². The number of rotatable bonds is 5. The topological polar surface area (TPSA) is 66.8 Å². The molecule has 0 bridgehead atoms. The SMILES string of the molecule is CC(C)Oc1ccccc1C(=O)N1CCCC1CC(=O)O. The van der Waals surface area contributed by atoms with E-state index in [1.165, 1.54) is 0 Å². The largest absolute Gasteiger partial charge is 0.490 e. The number of hydrogen-bond acceptors (Lipinski definition) is 3. The van der Waals surface area contributed by atoms with Crippen LogP contribution < -0.4 is 4.74 Å². The molecule has 0 aromatic heterocycles. The summed E-state index contributed by atoms with van der Waals surface area (Å²) in [5.74, 6) is -0.458. The summed E-state index contributed by atoms with van der Waals surface area (Å²) in [4.78, 5) is 25.3. The van der Waals surface area contributed by atoms with Gasteiger partial charge in [0.2, 0.25) is 0 Å². The number of benzene rings is 1. The molecular weight excluding hydrogens is 270 g/mol. The fourth-order valence-electron chi connectivity index (χ4n) is 2.67. The third-order valence-corrected chi connectivity index (χ3v) is 3.53. The Labute approximate surface area is 124 Å². The Bertz CT molecular complexity index is 527. The summed E-state index contributed by atoms with van der Waals surface area (Å²) < 4.78 is 5.68. The van der Waals surface area contributed by atoms with Gasteiger partial charge in [0.25, 0.3) is 5.91 Å². The molecule has 1 heterocycles. The molecule has 1 aliphatic rings. The monoisotopic (exact) mass is 291 g/mol. The van der Waals surface area contributed by atoms with E-state index in [1.807, 2.05) is 19.9 Å². The number of carboxylic acid groups (broad SMARTS) is 1. The zero-order valence-electron chi connectivity index (χ0n) is 12.4. The van der Waals surface area contributed by atoms with Crippen molar-refractivity contribution in [2.45, 2.75) is 45.3 Å². The molecule has 1 aromatic carbocycles. The Morgan fingerprint density at radius 1 is 1.38 bits per heavy atom. The van der Waals surface area contributed by atoms with Crippen LogP contribution in [-0.2, 0) is 4.79 Å². The number of ether oxygens (including phenoxy) is 1. The van der Waals surface area contributed by atoms with Crippen LogP contribution in [0.4, 0.5) is 0 Å². The molecule has 1 amide bonds. The van der Waals surface area contributed by atoms with Gasteiger partial charge in [0.05, 0.1) is 18.1 Å². The summed E-state index contributed by atoms with van der Waals surface area (Å²) in [5.41, 5.74) is 0.503. The van der Waals surface area contributed by atoms with Gasteiger partial charge in [-0.15, -0.1) is 0 Å². The van der Waals surface area contributed by atoms with Gasteiger partial charge in [-0.3, -0.25) is 9.59 Å². The predicted molar refractivity (Wildman–Crippen MR) is 78.5 cm³/mol. The highest BCUT2D eigenvalue weighted by Gasteiger charge is 2.32. The lowest BCUT2D eigenvalue weighted by Gasteiger charge is -2.25. The van der Waals surface area contributed by atoms with E-state index in [2.05, 4.69) is 0 Å². The van der Waals surface area contributed by atoms with E-state index in [4.69, 9.17) is 9.84 Å². The van der Waals surface area contributed by atoms with Crippen LogP contribution >= 0.6 is 0 Å². The van der Waals surface area contributed by atoms with Crippen LogP contribution in [0.25, 0.3) is 0 Å². The molecule has 1 atom stereocenters. The molecule has 0 aliphatic carbocycles. The molecule has 5 nitrogen and oxygen atoms in total. The van der Waals surface area contributed by atoms with Crippen LogP contribution in [-0.4, -0.2) is 40.6 Å². The van der Waals surface area contributed by atoms with E-state index in [1.54, 1.807) is 23.1 Å². The van der Waals surface area contributed by atoms with Crippen molar-refractivity contribution in [2.75, 3.05) is 6.54 Å². The third kappa shape index (κ3) is 3.74. The number of para-hydroxylation sites is 1. The highest BCUT2D eigenvalue weighted by atomic mass is 16.5. The van der Waals surface area contributed by atoms with Crippen molar-refractivity contribution in [3.05, 3.63) is 29.8 Å². The van der Waals surface area contributed by atoms with Crippen molar-refractivity contribution in [1.29, 1.82) is 0 Å². The van der Waals surface area contributed by atoms with Crippen molar-refractivity contribution in [1.82, 2.24) is 4.90 Å². The minimum Gasteiger partial charge on any atom is -0.490 e. The third-order valence-electron chi connectivity index (χ3n) is 3.53. The number of carbonyl (C=O) groups is 2. The van der Waals surface area contributed by atoms with Crippen LogP contribution in [0.5, 0.6) is 5.75 Å². The van der Waals surface area contributed by atoms with Gasteiger partial charge < -0.3 is 14.7 Å².